The average Bonchev–Trinajstić information content (AvgIpc) is 3.51. The Morgan fingerprint density at radius 2 is 0.947 bits per heavy atom. The lowest BCUT2D eigenvalue weighted by Crippen LogP contribution is -1.99. The topological polar surface area (TPSA) is 22.8 Å². The standard InChI is InChI=1S/C35H23N3/c1-2-9-24(10-3-1)25-16-18-26(19-17-25)37-32-14-6-4-12-28(32)30-20-21-31-29-13-5-7-15-33(29)38(35(31)34(30)37)27-11-8-22-36-23-27/h1-23H. The number of hydrogen-bond donors (Lipinski definition) is 0. The summed E-state index contributed by atoms with van der Waals surface area (Å²) in [6.07, 6.45) is 3.78. The Bertz CT molecular complexity index is 2100. The first kappa shape index (κ1) is 21.0. The third-order valence-electron chi connectivity index (χ3n) is 7.61. The smallest absolute Gasteiger partial charge is 0.0789 e. The summed E-state index contributed by atoms with van der Waals surface area (Å²) in [5.74, 6) is 0. The van der Waals surface area contributed by atoms with Crippen molar-refractivity contribution in [2.24, 2.45) is 0 Å². The van der Waals surface area contributed by atoms with Crippen molar-refractivity contribution in [2.45, 2.75) is 0 Å². The molecule has 5 aromatic carbocycles. The maximum atomic E-state index is 4.47. The fraction of sp³-hybridized carbons (Fsp3) is 0. The summed E-state index contributed by atoms with van der Waals surface area (Å²) in [5.41, 5.74) is 9.42. The summed E-state index contributed by atoms with van der Waals surface area (Å²) < 4.78 is 4.79. The molecule has 0 aliphatic carbocycles. The highest BCUT2D eigenvalue weighted by Crippen LogP contribution is 2.41. The molecule has 0 saturated carbocycles. The normalized spacial score (nSPS) is 11.7. The maximum absolute atomic E-state index is 4.47. The first-order valence-corrected chi connectivity index (χ1v) is 12.9. The molecule has 178 valence electrons. The average molecular weight is 486 g/mol. The van der Waals surface area contributed by atoms with Gasteiger partial charge in [0.15, 0.2) is 0 Å². The summed E-state index contributed by atoms with van der Waals surface area (Å²) in [6.45, 7) is 0. The van der Waals surface area contributed by atoms with Crippen LogP contribution in [0.3, 0.4) is 0 Å². The van der Waals surface area contributed by atoms with Crippen LogP contribution in [0.5, 0.6) is 0 Å². The number of benzene rings is 5. The zero-order valence-electron chi connectivity index (χ0n) is 20.6. The van der Waals surface area contributed by atoms with Crippen LogP contribution in [0.2, 0.25) is 0 Å². The van der Waals surface area contributed by atoms with Gasteiger partial charge in [0.05, 0.1) is 34.0 Å². The summed E-state index contributed by atoms with van der Waals surface area (Å²) in [6, 6.07) is 45.6. The molecule has 0 fully saturated rings. The number of aromatic nitrogens is 3. The van der Waals surface area contributed by atoms with Crippen molar-refractivity contribution in [3.05, 3.63) is 140 Å². The third-order valence-corrected chi connectivity index (χ3v) is 7.61. The molecule has 3 nitrogen and oxygen atoms in total. The third kappa shape index (κ3) is 2.99. The molecule has 0 atom stereocenters. The van der Waals surface area contributed by atoms with Crippen molar-refractivity contribution in [3.8, 4) is 22.5 Å². The number of fused-ring (bicyclic) bond motifs is 7. The largest absolute Gasteiger partial charge is 0.307 e. The fourth-order valence-electron chi connectivity index (χ4n) is 5.96. The van der Waals surface area contributed by atoms with Crippen molar-refractivity contribution in [2.75, 3.05) is 0 Å². The minimum Gasteiger partial charge on any atom is -0.307 e. The van der Waals surface area contributed by atoms with Gasteiger partial charge in [-0.05, 0) is 47.5 Å². The van der Waals surface area contributed by atoms with Crippen LogP contribution < -0.4 is 0 Å². The van der Waals surface area contributed by atoms with E-state index in [2.05, 4.69) is 135 Å². The minimum absolute atomic E-state index is 1.06. The van der Waals surface area contributed by atoms with Crippen molar-refractivity contribution in [3.63, 3.8) is 0 Å². The molecule has 8 aromatic rings. The van der Waals surface area contributed by atoms with Gasteiger partial charge < -0.3 is 9.13 Å². The molecular weight excluding hydrogens is 462 g/mol. The second-order valence-electron chi connectivity index (χ2n) is 9.69. The SMILES string of the molecule is c1ccc(-c2ccc(-n3c4ccccc4c4ccc5c6ccccc6n(-c6cccnc6)c5c43)cc2)cc1. The van der Waals surface area contributed by atoms with Gasteiger partial charge in [-0.2, -0.15) is 0 Å². The first-order valence-electron chi connectivity index (χ1n) is 12.9. The number of para-hydroxylation sites is 2. The molecular formula is C35H23N3. The van der Waals surface area contributed by atoms with Gasteiger partial charge in [-0.25, -0.2) is 0 Å². The Kier molecular flexibility index (Phi) is 4.52. The second-order valence-corrected chi connectivity index (χ2v) is 9.69. The van der Waals surface area contributed by atoms with E-state index in [1.54, 1.807) is 0 Å². The fourth-order valence-corrected chi connectivity index (χ4v) is 5.96. The van der Waals surface area contributed by atoms with Crippen LogP contribution in [0.4, 0.5) is 0 Å². The lowest BCUT2D eigenvalue weighted by molar-refractivity contribution is 1.13. The van der Waals surface area contributed by atoms with Gasteiger partial charge in [-0.1, -0.05) is 91.0 Å². The van der Waals surface area contributed by atoms with Crippen LogP contribution >= 0.6 is 0 Å². The molecule has 38 heavy (non-hydrogen) atoms. The summed E-state index contributed by atoms with van der Waals surface area (Å²) in [7, 11) is 0. The van der Waals surface area contributed by atoms with E-state index in [1.165, 1.54) is 54.7 Å². The predicted octanol–water partition coefficient (Wildman–Crippen LogP) is 8.94. The molecule has 0 aliphatic rings. The molecule has 0 N–H and O–H groups in total. The van der Waals surface area contributed by atoms with E-state index in [1.807, 2.05) is 18.5 Å². The molecule has 8 rings (SSSR count). The van der Waals surface area contributed by atoms with E-state index in [0.717, 1.165) is 11.4 Å². The Balaban J connectivity index is 1.52. The number of nitrogens with zero attached hydrogens (tertiary/aromatic N) is 3. The van der Waals surface area contributed by atoms with E-state index < -0.39 is 0 Å². The van der Waals surface area contributed by atoms with Gasteiger partial charge in [0.25, 0.3) is 0 Å². The minimum atomic E-state index is 1.06. The summed E-state index contributed by atoms with van der Waals surface area (Å²) >= 11 is 0. The zero-order chi connectivity index (χ0) is 25.1. The van der Waals surface area contributed by atoms with Crippen molar-refractivity contribution >= 4 is 43.6 Å². The van der Waals surface area contributed by atoms with Crippen molar-refractivity contribution in [1.82, 2.24) is 14.1 Å². The Labute approximate surface area is 219 Å². The molecule has 0 saturated heterocycles. The Morgan fingerprint density at radius 1 is 0.395 bits per heavy atom. The highest BCUT2D eigenvalue weighted by Gasteiger charge is 2.20. The first-order chi connectivity index (χ1) is 18.9. The number of pyridine rings is 1. The Morgan fingerprint density at radius 3 is 1.55 bits per heavy atom. The van der Waals surface area contributed by atoms with Crippen LogP contribution in [0, 0.1) is 0 Å². The van der Waals surface area contributed by atoms with E-state index in [4.69, 9.17) is 0 Å². The molecule has 3 heteroatoms. The molecule has 0 aliphatic heterocycles. The number of rotatable bonds is 3. The van der Waals surface area contributed by atoms with Crippen LogP contribution in [-0.2, 0) is 0 Å². The second kappa shape index (κ2) is 8.19. The number of hydrogen-bond acceptors (Lipinski definition) is 1. The highest BCUT2D eigenvalue weighted by molar-refractivity contribution is 6.23. The van der Waals surface area contributed by atoms with Crippen molar-refractivity contribution < 1.29 is 0 Å². The lowest BCUT2D eigenvalue weighted by Gasteiger charge is -2.13. The predicted molar refractivity (Wildman–Crippen MR) is 158 cm³/mol. The van der Waals surface area contributed by atoms with Crippen LogP contribution in [0.15, 0.2) is 140 Å². The molecule has 0 amide bonds. The monoisotopic (exact) mass is 485 g/mol. The van der Waals surface area contributed by atoms with Crippen LogP contribution in [0.1, 0.15) is 0 Å². The quantitative estimate of drug-likeness (QED) is 0.245. The summed E-state index contributed by atoms with van der Waals surface area (Å²) in [5, 5.41) is 4.97. The summed E-state index contributed by atoms with van der Waals surface area (Å²) in [4.78, 5) is 4.47. The van der Waals surface area contributed by atoms with E-state index in [9.17, 15) is 0 Å². The van der Waals surface area contributed by atoms with Gasteiger partial charge in [0.2, 0.25) is 0 Å². The van der Waals surface area contributed by atoms with Crippen LogP contribution in [-0.4, -0.2) is 14.1 Å². The Hall–Kier alpha value is -5.15. The van der Waals surface area contributed by atoms with E-state index in [-0.39, 0.29) is 0 Å². The van der Waals surface area contributed by atoms with Crippen LogP contribution in [0.25, 0.3) is 66.1 Å². The van der Waals surface area contributed by atoms with Gasteiger partial charge in [0, 0.05) is 33.4 Å². The molecule has 0 bridgehead atoms. The van der Waals surface area contributed by atoms with Gasteiger partial charge in [0.1, 0.15) is 0 Å². The molecule has 3 heterocycles. The molecule has 3 aromatic heterocycles. The molecule has 0 unspecified atom stereocenters. The molecule has 0 radical (unpaired) electrons. The van der Waals surface area contributed by atoms with E-state index in [0.29, 0.717) is 0 Å². The van der Waals surface area contributed by atoms with Gasteiger partial charge >= 0.3 is 0 Å². The zero-order valence-corrected chi connectivity index (χ0v) is 20.6. The maximum Gasteiger partial charge on any atom is 0.0789 e. The highest BCUT2D eigenvalue weighted by atomic mass is 15.0. The molecule has 0 spiro atoms. The van der Waals surface area contributed by atoms with Gasteiger partial charge in [-0.15, -0.1) is 0 Å². The van der Waals surface area contributed by atoms with E-state index >= 15 is 0 Å². The lowest BCUT2D eigenvalue weighted by atomic mass is 10.1. The van der Waals surface area contributed by atoms with Crippen molar-refractivity contribution in [1.29, 1.82) is 0 Å². The van der Waals surface area contributed by atoms with Gasteiger partial charge in [-0.3, -0.25) is 4.98 Å².